The van der Waals surface area contributed by atoms with Gasteiger partial charge in [-0.15, -0.1) is 0 Å². The number of fused-ring (bicyclic) bond motifs is 1. The number of hydrogen-bond acceptors (Lipinski definition) is 3. The number of piperazine rings is 1. The summed E-state index contributed by atoms with van der Waals surface area (Å²) >= 11 is 0. The molecule has 0 radical (unpaired) electrons. The highest BCUT2D eigenvalue weighted by molar-refractivity contribution is 5.52. The van der Waals surface area contributed by atoms with Crippen molar-refractivity contribution in [3.05, 3.63) is 29.3 Å². The minimum Gasteiger partial charge on any atom is -0.369 e. The van der Waals surface area contributed by atoms with Crippen molar-refractivity contribution in [2.45, 2.75) is 83.2 Å². The molecule has 1 aromatic rings. The van der Waals surface area contributed by atoms with Gasteiger partial charge in [-0.25, -0.2) is 0 Å². The summed E-state index contributed by atoms with van der Waals surface area (Å²) in [6.45, 7) is 8.73. The third-order valence-corrected chi connectivity index (χ3v) is 8.29. The summed E-state index contributed by atoms with van der Waals surface area (Å²) in [7, 11) is 0. The van der Waals surface area contributed by atoms with Crippen molar-refractivity contribution in [2.75, 3.05) is 44.2 Å². The molecule has 29 heavy (non-hydrogen) atoms. The number of nitrogens with zero attached hydrogens (tertiary/aromatic N) is 3. The third kappa shape index (κ3) is 4.82. The molecule has 1 saturated heterocycles. The number of rotatable bonds is 4. The Kier molecular flexibility index (Phi) is 6.44. The second-order valence-electron chi connectivity index (χ2n) is 10.3. The van der Waals surface area contributed by atoms with E-state index in [4.69, 9.17) is 0 Å². The van der Waals surface area contributed by atoms with Gasteiger partial charge in [-0.3, -0.25) is 9.80 Å². The lowest BCUT2D eigenvalue weighted by molar-refractivity contribution is 0.148. The first-order valence-corrected chi connectivity index (χ1v) is 12.7. The first-order valence-electron chi connectivity index (χ1n) is 12.7. The van der Waals surface area contributed by atoms with Gasteiger partial charge in [-0.1, -0.05) is 44.6 Å². The fourth-order valence-electron chi connectivity index (χ4n) is 6.48. The van der Waals surface area contributed by atoms with Crippen LogP contribution >= 0.6 is 0 Å². The lowest BCUT2D eigenvalue weighted by Gasteiger charge is -2.42. The van der Waals surface area contributed by atoms with Gasteiger partial charge in [0.05, 0.1) is 0 Å². The van der Waals surface area contributed by atoms with Crippen LogP contribution in [-0.2, 0) is 13.0 Å². The van der Waals surface area contributed by atoms with E-state index in [1.54, 1.807) is 11.1 Å². The topological polar surface area (TPSA) is 9.72 Å². The summed E-state index contributed by atoms with van der Waals surface area (Å²) in [5.74, 6) is 0.963. The van der Waals surface area contributed by atoms with Gasteiger partial charge in [-0.05, 0) is 61.3 Å². The van der Waals surface area contributed by atoms with Crippen molar-refractivity contribution in [2.24, 2.45) is 5.92 Å². The molecule has 4 aliphatic rings. The number of benzene rings is 1. The largest absolute Gasteiger partial charge is 0.369 e. The maximum absolute atomic E-state index is 2.79. The Balaban J connectivity index is 1.15. The molecule has 0 N–H and O–H groups in total. The van der Waals surface area contributed by atoms with Crippen LogP contribution in [0.1, 0.15) is 75.3 Å². The summed E-state index contributed by atoms with van der Waals surface area (Å²) in [6.07, 6.45) is 15.8. The van der Waals surface area contributed by atoms with E-state index in [0.29, 0.717) is 0 Å². The van der Waals surface area contributed by atoms with Crippen LogP contribution in [0.5, 0.6) is 0 Å². The highest BCUT2D eigenvalue weighted by Gasteiger charge is 2.26. The molecule has 3 fully saturated rings. The van der Waals surface area contributed by atoms with Crippen LogP contribution in [0.2, 0.25) is 0 Å². The number of hydrogen-bond donors (Lipinski definition) is 0. The maximum Gasteiger partial charge on any atom is 0.0370 e. The lowest BCUT2D eigenvalue weighted by Crippen LogP contribution is -2.50. The quantitative estimate of drug-likeness (QED) is 0.704. The van der Waals surface area contributed by atoms with E-state index in [2.05, 4.69) is 32.9 Å². The molecule has 0 aromatic heterocycles. The number of anilines is 1. The van der Waals surface area contributed by atoms with Crippen LogP contribution in [0.4, 0.5) is 5.69 Å². The minimum absolute atomic E-state index is 0.879. The molecular formula is C26H41N3. The van der Waals surface area contributed by atoms with Gasteiger partial charge >= 0.3 is 0 Å². The van der Waals surface area contributed by atoms with E-state index in [1.165, 1.54) is 122 Å². The Morgan fingerprint density at radius 1 is 0.724 bits per heavy atom. The van der Waals surface area contributed by atoms with Crippen LogP contribution in [-0.4, -0.2) is 55.1 Å². The Labute approximate surface area is 178 Å². The standard InChI is InChI=1S/C26H41N3/c1-3-7-22(8-4-1)20-27-14-13-23-19-26(12-11-24(23)21-27)29-17-15-28(16-18-29)25-9-5-2-6-10-25/h11-12,19,22,25H,1-10,13-18,20-21H2. The van der Waals surface area contributed by atoms with E-state index < -0.39 is 0 Å². The van der Waals surface area contributed by atoms with Gasteiger partial charge in [0.1, 0.15) is 0 Å². The van der Waals surface area contributed by atoms with Gasteiger partial charge in [0.15, 0.2) is 0 Å². The van der Waals surface area contributed by atoms with Gasteiger partial charge in [0.25, 0.3) is 0 Å². The molecule has 2 heterocycles. The summed E-state index contributed by atoms with van der Waals surface area (Å²) in [4.78, 5) is 8.17. The summed E-state index contributed by atoms with van der Waals surface area (Å²) in [5, 5.41) is 0. The van der Waals surface area contributed by atoms with Crippen LogP contribution in [0.3, 0.4) is 0 Å². The van der Waals surface area contributed by atoms with Crippen molar-refractivity contribution in [1.29, 1.82) is 0 Å². The normalized spacial score (nSPS) is 25.9. The van der Waals surface area contributed by atoms with E-state index in [1.807, 2.05) is 0 Å². The molecule has 0 spiro atoms. The molecule has 2 saturated carbocycles. The molecule has 3 nitrogen and oxygen atoms in total. The van der Waals surface area contributed by atoms with Gasteiger partial charge in [-0.2, -0.15) is 0 Å². The molecule has 0 atom stereocenters. The first kappa shape index (κ1) is 19.9. The molecule has 5 rings (SSSR count). The van der Waals surface area contributed by atoms with Crippen molar-refractivity contribution in [3.8, 4) is 0 Å². The van der Waals surface area contributed by atoms with Crippen molar-refractivity contribution < 1.29 is 0 Å². The Morgan fingerprint density at radius 3 is 2.21 bits per heavy atom. The summed E-state index contributed by atoms with van der Waals surface area (Å²) < 4.78 is 0. The zero-order chi connectivity index (χ0) is 19.5. The Hall–Kier alpha value is -1.06. The molecule has 160 valence electrons. The zero-order valence-corrected chi connectivity index (χ0v) is 18.5. The fraction of sp³-hybridized carbons (Fsp3) is 0.769. The maximum atomic E-state index is 2.79. The Bertz CT molecular complexity index is 652. The van der Waals surface area contributed by atoms with Crippen LogP contribution < -0.4 is 4.90 Å². The third-order valence-electron chi connectivity index (χ3n) is 8.29. The highest BCUT2D eigenvalue weighted by Crippen LogP contribution is 2.30. The average Bonchev–Trinajstić information content (AvgIpc) is 2.80. The molecule has 3 heteroatoms. The van der Waals surface area contributed by atoms with E-state index >= 15 is 0 Å². The molecule has 1 aromatic carbocycles. The summed E-state index contributed by atoms with van der Waals surface area (Å²) in [5.41, 5.74) is 4.70. The Morgan fingerprint density at radius 2 is 1.45 bits per heavy atom. The van der Waals surface area contributed by atoms with Gasteiger partial charge in [0, 0.05) is 57.5 Å². The predicted molar refractivity (Wildman–Crippen MR) is 123 cm³/mol. The summed E-state index contributed by atoms with van der Waals surface area (Å²) in [6, 6.07) is 8.28. The van der Waals surface area contributed by atoms with Gasteiger partial charge in [0.2, 0.25) is 0 Å². The average molecular weight is 396 g/mol. The van der Waals surface area contributed by atoms with E-state index in [9.17, 15) is 0 Å². The second kappa shape index (κ2) is 9.39. The minimum atomic E-state index is 0.879. The van der Waals surface area contributed by atoms with Crippen LogP contribution in [0.25, 0.3) is 0 Å². The lowest BCUT2D eigenvalue weighted by atomic mass is 9.88. The molecule has 2 aliphatic heterocycles. The van der Waals surface area contributed by atoms with Crippen molar-refractivity contribution in [1.82, 2.24) is 9.80 Å². The zero-order valence-electron chi connectivity index (χ0n) is 18.5. The molecule has 0 amide bonds. The molecule has 0 bridgehead atoms. The fourth-order valence-corrected chi connectivity index (χ4v) is 6.48. The monoisotopic (exact) mass is 395 g/mol. The van der Waals surface area contributed by atoms with E-state index in [0.717, 1.165) is 12.0 Å². The molecule has 2 aliphatic carbocycles. The predicted octanol–water partition coefficient (Wildman–Crippen LogP) is 5.08. The second-order valence-corrected chi connectivity index (χ2v) is 10.3. The molecular weight excluding hydrogens is 354 g/mol. The van der Waals surface area contributed by atoms with E-state index in [-0.39, 0.29) is 0 Å². The first-order chi connectivity index (χ1) is 14.3. The smallest absolute Gasteiger partial charge is 0.0370 e. The highest BCUT2D eigenvalue weighted by atomic mass is 15.3. The van der Waals surface area contributed by atoms with Crippen molar-refractivity contribution >= 4 is 5.69 Å². The van der Waals surface area contributed by atoms with Crippen LogP contribution in [0.15, 0.2) is 18.2 Å². The van der Waals surface area contributed by atoms with Crippen LogP contribution in [0, 0.1) is 5.92 Å². The van der Waals surface area contributed by atoms with Gasteiger partial charge < -0.3 is 4.90 Å². The van der Waals surface area contributed by atoms with Crippen molar-refractivity contribution in [3.63, 3.8) is 0 Å². The SMILES string of the molecule is c1cc2c(cc1N1CCN(C3CCCCC3)CC1)CCN(CC1CCCCC1)C2. The molecule has 0 unspecified atom stereocenters.